The lowest BCUT2D eigenvalue weighted by molar-refractivity contribution is -0.384. The number of hydrogen-bond donors (Lipinski definition) is 1. The zero-order chi connectivity index (χ0) is 16.5. The summed E-state index contributed by atoms with van der Waals surface area (Å²) in [5.41, 5.74) is 3.60. The Labute approximate surface area is 140 Å². The van der Waals surface area contributed by atoms with Crippen LogP contribution in [-0.4, -0.2) is 27.9 Å². The fraction of sp³-hybridized carbons (Fsp3) is 0.263. The lowest BCUT2D eigenvalue weighted by Gasteiger charge is -2.28. The number of H-pyrrole nitrogens is 1. The predicted molar refractivity (Wildman–Crippen MR) is 94.0 cm³/mol. The SMILES string of the molecule is O=[N+]([O-])c1ccc(C(c2c[nH]c3ccccc23)N2CCCC2)cc1. The molecule has 2 heterocycles. The Morgan fingerprint density at radius 1 is 1.04 bits per heavy atom. The number of para-hydroxylation sites is 1. The van der Waals surface area contributed by atoms with Crippen molar-refractivity contribution < 1.29 is 4.92 Å². The number of nitrogens with one attached hydrogen (secondary N) is 1. The summed E-state index contributed by atoms with van der Waals surface area (Å²) in [5.74, 6) is 0. The first-order valence-corrected chi connectivity index (χ1v) is 8.28. The highest BCUT2D eigenvalue weighted by molar-refractivity contribution is 5.84. The number of benzene rings is 2. The van der Waals surface area contributed by atoms with Crippen LogP contribution in [0.5, 0.6) is 0 Å². The van der Waals surface area contributed by atoms with E-state index in [9.17, 15) is 10.1 Å². The van der Waals surface area contributed by atoms with Gasteiger partial charge in [0, 0.05) is 29.2 Å². The van der Waals surface area contributed by atoms with Crippen LogP contribution < -0.4 is 0 Å². The minimum atomic E-state index is -0.347. The lowest BCUT2D eigenvalue weighted by atomic mass is 9.96. The van der Waals surface area contributed by atoms with Crippen LogP contribution in [0.3, 0.4) is 0 Å². The first-order chi connectivity index (χ1) is 11.7. The quantitative estimate of drug-likeness (QED) is 0.577. The molecular weight excluding hydrogens is 302 g/mol. The van der Waals surface area contributed by atoms with Crippen molar-refractivity contribution in [3.05, 3.63) is 76.0 Å². The number of rotatable bonds is 4. The second kappa shape index (κ2) is 6.09. The highest BCUT2D eigenvalue weighted by atomic mass is 16.6. The van der Waals surface area contributed by atoms with Gasteiger partial charge in [-0.2, -0.15) is 0 Å². The monoisotopic (exact) mass is 321 g/mol. The van der Waals surface area contributed by atoms with Gasteiger partial charge in [-0.3, -0.25) is 15.0 Å². The summed E-state index contributed by atoms with van der Waals surface area (Å²) in [5, 5.41) is 12.1. The summed E-state index contributed by atoms with van der Waals surface area (Å²) < 4.78 is 0. The largest absolute Gasteiger partial charge is 0.361 e. The lowest BCUT2D eigenvalue weighted by Crippen LogP contribution is -2.26. The van der Waals surface area contributed by atoms with Gasteiger partial charge in [0.2, 0.25) is 0 Å². The van der Waals surface area contributed by atoms with Gasteiger partial charge in [0.15, 0.2) is 0 Å². The summed E-state index contributed by atoms with van der Waals surface area (Å²) >= 11 is 0. The molecule has 0 spiro atoms. The van der Waals surface area contributed by atoms with Gasteiger partial charge in [-0.25, -0.2) is 0 Å². The van der Waals surface area contributed by atoms with Crippen molar-refractivity contribution in [2.45, 2.75) is 18.9 Å². The molecule has 0 radical (unpaired) electrons. The fourth-order valence-electron chi connectivity index (χ4n) is 3.69. The summed E-state index contributed by atoms with van der Waals surface area (Å²) in [7, 11) is 0. The van der Waals surface area contributed by atoms with Crippen molar-refractivity contribution in [2.24, 2.45) is 0 Å². The molecule has 0 bridgehead atoms. The van der Waals surface area contributed by atoms with Crippen molar-refractivity contribution in [3.8, 4) is 0 Å². The molecule has 1 aliphatic rings. The minimum Gasteiger partial charge on any atom is -0.361 e. The van der Waals surface area contributed by atoms with E-state index in [-0.39, 0.29) is 16.7 Å². The highest BCUT2D eigenvalue weighted by Crippen LogP contribution is 2.36. The molecule has 3 aromatic rings. The van der Waals surface area contributed by atoms with Gasteiger partial charge >= 0.3 is 0 Å². The number of nitro groups is 1. The first-order valence-electron chi connectivity index (χ1n) is 8.28. The van der Waals surface area contributed by atoms with E-state index in [1.54, 1.807) is 12.1 Å². The topological polar surface area (TPSA) is 62.2 Å². The van der Waals surface area contributed by atoms with Gasteiger partial charge in [-0.05, 0) is 43.1 Å². The minimum absolute atomic E-state index is 0.129. The first kappa shape index (κ1) is 14.9. The maximum Gasteiger partial charge on any atom is 0.269 e. The van der Waals surface area contributed by atoms with Crippen LogP contribution in [-0.2, 0) is 0 Å². The van der Waals surface area contributed by atoms with Crippen LogP contribution in [0.1, 0.15) is 30.0 Å². The van der Waals surface area contributed by atoms with Crippen LogP contribution in [0, 0.1) is 10.1 Å². The zero-order valence-corrected chi connectivity index (χ0v) is 13.3. The third-order valence-electron chi connectivity index (χ3n) is 4.84. The fourth-order valence-corrected chi connectivity index (χ4v) is 3.69. The van der Waals surface area contributed by atoms with Gasteiger partial charge in [0.05, 0.1) is 11.0 Å². The Balaban J connectivity index is 1.81. The van der Waals surface area contributed by atoms with Crippen LogP contribution in [0.15, 0.2) is 54.7 Å². The molecule has 1 aliphatic heterocycles. The van der Waals surface area contributed by atoms with E-state index in [1.165, 1.54) is 23.8 Å². The molecule has 1 saturated heterocycles. The Morgan fingerprint density at radius 3 is 2.46 bits per heavy atom. The standard InChI is InChI=1S/C19H19N3O2/c23-22(24)15-9-7-14(8-10-15)19(21-11-3-4-12-21)17-13-20-18-6-2-1-5-16(17)18/h1-2,5-10,13,19-20H,3-4,11-12H2. The van der Waals surface area contributed by atoms with Crippen molar-refractivity contribution >= 4 is 16.6 Å². The predicted octanol–water partition coefficient (Wildman–Crippen LogP) is 4.26. The number of likely N-dealkylation sites (tertiary alicyclic amines) is 1. The van der Waals surface area contributed by atoms with E-state index in [4.69, 9.17) is 0 Å². The second-order valence-electron chi connectivity index (χ2n) is 6.28. The molecule has 5 nitrogen and oxygen atoms in total. The molecule has 0 aliphatic carbocycles. The summed E-state index contributed by atoms with van der Waals surface area (Å²) in [6.07, 6.45) is 4.48. The third kappa shape index (κ3) is 2.57. The number of aromatic amines is 1. The molecule has 24 heavy (non-hydrogen) atoms. The van der Waals surface area contributed by atoms with Crippen LogP contribution >= 0.6 is 0 Å². The summed E-state index contributed by atoms with van der Waals surface area (Å²) in [6.45, 7) is 2.11. The molecule has 0 amide bonds. The second-order valence-corrected chi connectivity index (χ2v) is 6.28. The number of hydrogen-bond acceptors (Lipinski definition) is 3. The Morgan fingerprint density at radius 2 is 1.75 bits per heavy atom. The maximum absolute atomic E-state index is 10.9. The molecule has 1 N–H and O–H groups in total. The number of nitro benzene ring substituents is 1. The van der Waals surface area contributed by atoms with Gasteiger partial charge in [-0.1, -0.05) is 30.3 Å². The Hall–Kier alpha value is -2.66. The van der Waals surface area contributed by atoms with Gasteiger partial charge in [0.25, 0.3) is 5.69 Å². The molecule has 1 fully saturated rings. The van der Waals surface area contributed by atoms with Crippen molar-refractivity contribution in [2.75, 3.05) is 13.1 Å². The van der Waals surface area contributed by atoms with Crippen molar-refractivity contribution in [1.82, 2.24) is 9.88 Å². The maximum atomic E-state index is 10.9. The van der Waals surface area contributed by atoms with Gasteiger partial charge in [-0.15, -0.1) is 0 Å². The van der Waals surface area contributed by atoms with Crippen molar-refractivity contribution in [3.63, 3.8) is 0 Å². The number of non-ortho nitro benzene ring substituents is 1. The van der Waals surface area contributed by atoms with Gasteiger partial charge < -0.3 is 4.98 Å². The van der Waals surface area contributed by atoms with E-state index < -0.39 is 0 Å². The Bertz CT molecular complexity index is 864. The summed E-state index contributed by atoms with van der Waals surface area (Å²) in [6, 6.07) is 15.4. The molecule has 1 atom stereocenters. The molecule has 5 heteroatoms. The number of aromatic nitrogens is 1. The van der Waals surface area contributed by atoms with Crippen LogP contribution in [0.25, 0.3) is 10.9 Å². The van der Waals surface area contributed by atoms with Gasteiger partial charge in [0.1, 0.15) is 0 Å². The molecule has 122 valence electrons. The van der Waals surface area contributed by atoms with E-state index in [0.717, 1.165) is 24.2 Å². The number of fused-ring (bicyclic) bond motifs is 1. The smallest absolute Gasteiger partial charge is 0.269 e. The average Bonchev–Trinajstić information content (AvgIpc) is 3.27. The normalized spacial score (nSPS) is 16.5. The zero-order valence-electron chi connectivity index (χ0n) is 13.3. The molecular formula is C19H19N3O2. The van der Waals surface area contributed by atoms with E-state index >= 15 is 0 Å². The molecule has 4 rings (SSSR count). The Kier molecular flexibility index (Phi) is 3.78. The highest BCUT2D eigenvalue weighted by Gasteiger charge is 2.27. The van der Waals surface area contributed by atoms with E-state index in [2.05, 4.69) is 34.3 Å². The van der Waals surface area contributed by atoms with Crippen molar-refractivity contribution in [1.29, 1.82) is 0 Å². The molecule has 1 unspecified atom stereocenters. The molecule has 0 saturated carbocycles. The van der Waals surface area contributed by atoms with Crippen LogP contribution in [0.4, 0.5) is 5.69 Å². The third-order valence-corrected chi connectivity index (χ3v) is 4.84. The van der Waals surface area contributed by atoms with Crippen LogP contribution in [0.2, 0.25) is 0 Å². The average molecular weight is 321 g/mol. The summed E-state index contributed by atoms with van der Waals surface area (Å²) in [4.78, 5) is 16.4. The van der Waals surface area contributed by atoms with E-state index in [0.29, 0.717) is 0 Å². The molecule has 2 aromatic carbocycles. The number of nitrogens with zero attached hydrogens (tertiary/aromatic N) is 2. The molecule has 1 aromatic heterocycles. The van der Waals surface area contributed by atoms with E-state index in [1.807, 2.05) is 18.2 Å².